The molecule has 0 saturated carbocycles. The van der Waals surface area contributed by atoms with Crippen LogP contribution in [0, 0.1) is 6.92 Å². The Morgan fingerprint density at radius 2 is 2.00 bits per heavy atom. The zero-order valence-electron chi connectivity index (χ0n) is 13.7. The summed E-state index contributed by atoms with van der Waals surface area (Å²) in [5.41, 5.74) is 4.37. The molecule has 1 aliphatic heterocycles. The number of aromatic nitrogens is 3. The van der Waals surface area contributed by atoms with Crippen LogP contribution in [0.5, 0.6) is 0 Å². The molecule has 1 fully saturated rings. The lowest BCUT2D eigenvalue weighted by Gasteiger charge is -2.15. The number of rotatable bonds is 3. The van der Waals surface area contributed by atoms with Gasteiger partial charge in [0.25, 0.3) is 0 Å². The fourth-order valence-corrected chi connectivity index (χ4v) is 3.48. The Morgan fingerprint density at radius 3 is 2.74 bits per heavy atom. The fraction of sp³-hybridized carbons (Fsp3) is 0.368. The average molecular weight is 306 g/mol. The van der Waals surface area contributed by atoms with Gasteiger partial charge in [0.2, 0.25) is 0 Å². The van der Waals surface area contributed by atoms with Crippen molar-refractivity contribution in [3.05, 3.63) is 54.0 Å². The summed E-state index contributed by atoms with van der Waals surface area (Å²) >= 11 is 0. The van der Waals surface area contributed by atoms with Gasteiger partial charge in [0.15, 0.2) is 5.65 Å². The Labute approximate surface area is 136 Å². The van der Waals surface area contributed by atoms with Gasteiger partial charge in [0.1, 0.15) is 11.3 Å². The molecule has 4 rings (SSSR count). The van der Waals surface area contributed by atoms with Crippen LogP contribution in [0.15, 0.2) is 42.6 Å². The van der Waals surface area contributed by atoms with Crippen molar-refractivity contribution in [1.29, 1.82) is 0 Å². The van der Waals surface area contributed by atoms with E-state index in [0.717, 1.165) is 42.3 Å². The van der Waals surface area contributed by atoms with Crippen LogP contribution in [0.3, 0.4) is 0 Å². The number of likely N-dealkylation sites (N-methyl/N-ethyl adjacent to an activating group) is 1. The van der Waals surface area contributed by atoms with E-state index in [2.05, 4.69) is 58.6 Å². The summed E-state index contributed by atoms with van der Waals surface area (Å²) in [6.07, 6.45) is 3.02. The molecule has 0 amide bonds. The molecule has 1 aromatic carbocycles. The summed E-state index contributed by atoms with van der Waals surface area (Å²) in [5.74, 6) is 1.63. The number of aryl methyl sites for hydroxylation is 1. The number of imidazole rings is 1. The fourth-order valence-electron chi connectivity index (χ4n) is 3.48. The number of pyridine rings is 1. The summed E-state index contributed by atoms with van der Waals surface area (Å²) in [6.45, 7) is 7.70. The van der Waals surface area contributed by atoms with Gasteiger partial charge >= 0.3 is 0 Å². The van der Waals surface area contributed by atoms with Gasteiger partial charge in [0.05, 0.1) is 0 Å². The largest absolute Gasteiger partial charge is 0.303 e. The van der Waals surface area contributed by atoms with Crippen molar-refractivity contribution in [3.8, 4) is 5.69 Å². The number of likely N-dealkylation sites (tertiary alicyclic amines) is 1. The Kier molecular flexibility index (Phi) is 3.62. The van der Waals surface area contributed by atoms with E-state index in [4.69, 9.17) is 4.98 Å². The Balaban J connectivity index is 1.86. The van der Waals surface area contributed by atoms with Crippen LogP contribution in [0.1, 0.15) is 30.7 Å². The van der Waals surface area contributed by atoms with Gasteiger partial charge in [-0.2, -0.15) is 0 Å². The first-order valence-corrected chi connectivity index (χ1v) is 8.39. The minimum absolute atomic E-state index is 0.477. The standard InChI is InChI=1S/C19H22N4/c1-3-22-12-10-15(13-22)18-21-17-5-4-11-20-19(17)23(18)16-8-6-14(2)7-9-16/h4-9,11,15H,3,10,12-13H2,1-2H3. The third-order valence-electron chi connectivity index (χ3n) is 4.82. The van der Waals surface area contributed by atoms with E-state index in [1.807, 2.05) is 12.3 Å². The van der Waals surface area contributed by atoms with Gasteiger partial charge in [-0.05, 0) is 50.7 Å². The first kappa shape index (κ1) is 14.4. The number of hydrogen-bond donors (Lipinski definition) is 0. The van der Waals surface area contributed by atoms with Crippen molar-refractivity contribution in [2.75, 3.05) is 19.6 Å². The molecular weight excluding hydrogens is 284 g/mol. The molecule has 1 atom stereocenters. The Morgan fingerprint density at radius 1 is 1.17 bits per heavy atom. The number of nitrogens with zero attached hydrogens (tertiary/aromatic N) is 4. The highest BCUT2D eigenvalue weighted by molar-refractivity contribution is 5.74. The van der Waals surface area contributed by atoms with E-state index in [-0.39, 0.29) is 0 Å². The maximum atomic E-state index is 4.94. The van der Waals surface area contributed by atoms with E-state index in [1.165, 1.54) is 12.0 Å². The molecule has 118 valence electrons. The van der Waals surface area contributed by atoms with Crippen LogP contribution in [0.25, 0.3) is 16.9 Å². The van der Waals surface area contributed by atoms with Crippen molar-refractivity contribution >= 4 is 11.2 Å². The lowest BCUT2D eigenvalue weighted by atomic mass is 10.1. The zero-order chi connectivity index (χ0) is 15.8. The van der Waals surface area contributed by atoms with Crippen LogP contribution >= 0.6 is 0 Å². The zero-order valence-corrected chi connectivity index (χ0v) is 13.7. The number of fused-ring (bicyclic) bond motifs is 1. The monoisotopic (exact) mass is 306 g/mol. The van der Waals surface area contributed by atoms with Crippen LogP contribution < -0.4 is 0 Å². The summed E-state index contributed by atoms with van der Waals surface area (Å²) in [7, 11) is 0. The number of benzene rings is 1. The molecule has 1 saturated heterocycles. The molecule has 2 aromatic heterocycles. The first-order chi connectivity index (χ1) is 11.3. The van der Waals surface area contributed by atoms with E-state index < -0.39 is 0 Å². The third-order valence-corrected chi connectivity index (χ3v) is 4.82. The van der Waals surface area contributed by atoms with Gasteiger partial charge in [-0.25, -0.2) is 9.97 Å². The minimum atomic E-state index is 0.477. The molecule has 4 heteroatoms. The van der Waals surface area contributed by atoms with Gasteiger partial charge in [-0.1, -0.05) is 24.6 Å². The minimum Gasteiger partial charge on any atom is -0.303 e. The molecule has 0 N–H and O–H groups in total. The summed E-state index contributed by atoms with van der Waals surface area (Å²) < 4.78 is 2.25. The number of hydrogen-bond acceptors (Lipinski definition) is 3. The average Bonchev–Trinajstić information content (AvgIpc) is 3.19. The quantitative estimate of drug-likeness (QED) is 0.742. The molecule has 0 aliphatic carbocycles. The van der Waals surface area contributed by atoms with Crippen LogP contribution in [-0.4, -0.2) is 39.1 Å². The summed E-state index contributed by atoms with van der Waals surface area (Å²) in [5, 5.41) is 0. The van der Waals surface area contributed by atoms with E-state index in [0.29, 0.717) is 5.92 Å². The van der Waals surface area contributed by atoms with Crippen molar-refractivity contribution in [3.63, 3.8) is 0 Å². The lowest BCUT2D eigenvalue weighted by molar-refractivity contribution is 0.352. The van der Waals surface area contributed by atoms with Crippen molar-refractivity contribution in [2.45, 2.75) is 26.2 Å². The SMILES string of the molecule is CCN1CCC(c2nc3cccnc3n2-c2ccc(C)cc2)C1. The predicted octanol–water partition coefficient (Wildman–Crippen LogP) is 3.54. The smallest absolute Gasteiger partial charge is 0.164 e. The van der Waals surface area contributed by atoms with Gasteiger partial charge < -0.3 is 4.90 Å². The first-order valence-electron chi connectivity index (χ1n) is 8.39. The molecule has 3 aromatic rings. The maximum Gasteiger partial charge on any atom is 0.164 e. The molecule has 4 nitrogen and oxygen atoms in total. The summed E-state index contributed by atoms with van der Waals surface area (Å²) in [4.78, 5) is 12.0. The molecule has 0 spiro atoms. The second-order valence-corrected chi connectivity index (χ2v) is 6.37. The van der Waals surface area contributed by atoms with E-state index >= 15 is 0 Å². The van der Waals surface area contributed by atoms with E-state index in [9.17, 15) is 0 Å². The van der Waals surface area contributed by atoms with Crippen LogP contribution in [0.4, 0.5) is 0 Å². The van der Waals surface area contributed by atoms with E-state index in [1.54, 1.807) is 0 Å². The highest BCUT2D eigenvalue weighted by atomic mass is 15.2. The highest BCUT2D eigenvalue weighted by Crippen LogP contribution is 2.31. The molecule has 23 heavy (non-hydrogen) atoms. The van der Waals surface area contributed by atoms with Gasteiger partial charge in [0, 0.05) is 24.3 Å². The Hall–Kier alpha value is -2.20. The molecule has 3 heterocycles. The second-order valence-electron chi connectivity index (χ2n) is 6.37. The molecule has 1 unspecified atom stereocenters. The molecule has 0 bridgehead atoms. The van der Waals surface area contributed by atoms with Crippen molar-refractivity contribution in [2.24, 2.45) is 0 Å². The lowest BCUT2D eigenvalue weighted by Crippen LogP contribution is -2.20. The maximum absolute atomic E-state index is 4.94. The predicted molar refractivity (Wildman–Crippen MR) is 93.1 cm³/mol. The van der Waals surface area contributed by atoms with Crippen LogP contribution in [-0.2, 0) is 0 Å². The normalized spacial score (nSPS) is 18.8. The Bertz CT molecular complexity index is 819. The van der Waals surface area contributed by atoms with Gasteiger partial charge in [-0.3, -0.25) is 4.57 Å². The summed E-state index contributed by atoms with van der Waals surface area (Å²) in [6, 6.07) is 12.7. The second kappa shape index (κ2) is 5.78. The molecular formula is C19H22N4. The molecule has 0 radical (unpaired) electrons. The molecule has 1 aliphatic rings. The highest BCUT2D eigenvalue weighted by Gasteiger charge is 2.28. The van der Waals surface area contributed by atoms with Crippen molar-refractivity contribution < 1.29 is 0 Å². The topological polar surface area (TPSA) is 34.0 Å². The van der Waals surface area contributed by atoms with Crippen molar-refractivity contribution in [1.82, 2.24) is 19.4 Å². The van der Waals surface area contributed by atoms with Crippen LogP contribution in [0.2, 0.25) is 0 Å². The van der Waals surface area contributed by atoms with Gasteiger partial charge in [-0.15, -0.1) is 0 Å². The third kappa shape index (κ3) is 2.53.